The Morgan fingerprint density at radius 3 is 2.73 bits per heavy atom. The van der Waals surface area contributed by atoms with E-state index in [1.165, 1.54) is 0 Å². The summed E-state index contributed by atoms with van der Waals surface area (Å²) in [6.45, 7) is 4.12. The first-order valence-corrected chi connectivity index (χ1v) is 4.97. The molecule has 0 saturated carbocycles. The Balaban J connectivity index is 2.55. The number of carboxylic acid groups (broad SMARTS) is 1. The molecule has 0 amide bonds. The summed E-state index contributed by atoms with van der Waals surface area (Å²) in [6, 6.07) is 4.99. The minimum Gasteiger partial charge on any atom is -0.478 e. The molecule has 0 aliphatic heterocycles. The van der Waals surface area contributed by atoms with E-state index in [0.29, 0.717) is 6.42 Å². The molecule has 0 fully saturated rings. The van der Waals surface area contributed by atoms with Crippen molar-refractivity contribution in [1.82, 2.24) is 0 Å². The molecule has 0 saturated heterocycles. The molecule has 1 aliphatic carbocycles. The van der Waals surface area contributed by atoms with Crippen LogP contribution in [0.1, 0.15) is 47.9 Å². The topological polar surface area (TPSA) is 57.5 Å². The molecule has 80 valence electrons. The average Bonchev–Trinajstić information content (AvgIpc) is 2.37. The maximum atomic E-state index is 10.8. The quantitative estimate of drug-likeness (QED) is 0.739. The highest BCUT2D eigenvalue weighted by atomic mass is 16.4. The van der Waals surface area contributed by atoms with Crippen molar-refractivity contribution in [3.63, 3.8) is 0 Å². The van der Waals surface area contributed by atoms with Crippen LogP contribution in [0.2, 0.25) is 0 Å². The molecular weight excluding hydrogens is 192 g/mol. The first-order valence-electron chi connectivity index (χ1n) is 4.97. The smallest absolute Gasteiger partial charge is 0.335 e. The molecule has 3 heteroatoms. The molecule has 1 aliphatic rings. The van der Waals surface area contributed by atoms with Crippen LogP contribution in [0, 0.1) is 0 Å². The van der Waals surface area contributed by atoms with Gasteiger partial charge in [0.05, 0.1) is 11.7 Å². The van der Waals surface area contributed by atoms with Crippen LogP contribution in [0.5, 0.6) is 0 Å². The number of carboxylic acids is 1. The Labute approximate surface area is 88.4 Å². The highest BCUT2D eigenvalue weighted by Crippen LogP contribution is 2.44. The van der Waals surface area contributed by atoms with Crippen LogP contribution >= 0.6 is 0 Å². The fraction of sp³-hybridized carbons (Fsp3) is 0.417. The van der Waals surface area contributed by atoms with Gasteiger partial charge in [0.2, 0.25) is 0 Å². The van der Waals surface area contributed by atoms with Crippen molar-refractivity contribution in [3.05, 3.63) is 34.9 Å². The number of carbonyl (C=O) groups is 1. The number of aliphatic hydroxyl groups excluding tert-OH is 1. The van der Waals surface area contributed by atoms with Crippen molar-refractivity contribution in [3.8, 4) is 0 Å². The lowest BCUT2D eigenvalue weighted by atomic mass is 9.86. The van der Waals surface area contributed by atoms with Crippen molar-refractivity contribution < 1.29 is 15.0 Å². The maximum absolute atomic E-state index is 10.8. The summed E-state index contributed by atoms with van der Waals surface area (Å²) >= 11 is 0. The Morgan fingerprint density at radius 2 is 2.13 bits per heavy atom. The second-order valence-electron chi connectivity index (χ2n) is 4.71. The third-order valence-electron chi connectivity index (χ3n) is 3.09. The fourth-order valence-corrected chi connectivity index (χ4v) is 2.29. The van der Waals surface area contributed by atoms with Gasteiger partial charge < -0.3 is 10.2 Å². The molecule has 15 heavy (non-hydrogen) atoms. The lowest BCUT2D eigenvalue weighted by Crippen LogP contribution is -2.12. The Morgan fingerprint density at radius 1 is 1.47 bits per heavy atom. The molecule has 0 heterocycles. The van der Waals surface area contributed by atoms with Gasteiger partial charge in [-0.3, -0.25) is 0 Å². The van der Waals surface area contributed by atoms with E-state index in [9.17, 15) is 9.90 Å². The van der Waals surface area contributed by atoms with Gasteiger partial charge in [-0.25, -0.2) is 4.79 Å². The molecule has 1 aromatic carbocycles. The summed E-state index contributed by atoms with van der Waals surface area (Å²) in [5.41, 5.74) is 2.00. The van der Waals surface area contributed by atoms with Crippen LogP contribution in [0.25, 0.3) is 0 Å². The number of fused-ring (bicyclic) bond motifs is 1. The summed E-state index contributed by atoms with van der Waals surface area (Å²) < 4.78 is 0. The van der Waals surface area contributed by atoms with Crippen LogP contribution in [-0.2, 0) is 5.41 Å². The number of benzene rings is 1. The molecule has 0 bridgehead atoms. The van der Waals surface area contributed by atoms with Gasteiger partial charge in [-0.15, -0.1) is 0 Å². The highest BCUT2D eigenvalue weighted by molar-refractivity contribution is 5.88. The van der Waals surface area contributed by atoms with E-state index in [1.807, 2.05) is 6.07 Å². The molecule has 0 aromatic heterocycles. The zero-order chi connectivity index (χ0) is 11.2. The minimum atomic E-state index is -0.949. The minimum absolute atomic E-state index is 0.0637. The van der Waals surface area contributed by atoms with E-state index in [0.717, 1.165) is 11.1 Å². The largest absolute Gasteiger partial charge is 0.478 e. The van der Waals surface area contributed by atoms with Gasteiger partial charge in [-0.2, -0.15) is 0 Å². The highest BCUT2D eigenvalue weighted by Gasteiger charge is 2.36. The van der Waals surface area contributed by atoms with Crippen molar-refractivity contribution in [2.24, 2.45) is 0 Å². The third kappa shape index (κ3) is 1.53. The molecule has 3 nitrogen and oxygen atoms in total. The molecule has 2 rings (SSSR count). The Hall–Kier alpha value is -1.35. The van der Waals surface area contributed by atoms with Gasteiger partial charge in [0.1, 0.15) is 0 Å². The number of rotatable bonds is 1. The van der Waals surface area contributed by atoms with Crippen molar-refractivity contribution in [2.45, 2.75) is 31.8 Å². The zero-order valence-corrected chi connectivity index (χ0v) is 8.82. The number of hydrogen-bond acceptors (Lipinski definition) is 2. The van der Waals surface area contributed by atoms with Crippen LogP contribution in [0.3, 0.4) is 0 Å². The van der Waals surface area contributed by atoms with Gasteiger partial charge in [0, 0.05) is 0 Å². The first kappa shape index (κ1) is 10.2. The number of hydrogen-bond donors (Lipinski definition) is 2. The van der Waals surface area contributed by atoms with Crippen molar-refractivity contribution in [1.29, 1.82) is 0 Å². The summed E-state index contributed by atoms with van der Waals surface area (Å²) in [6.07, 6.45) is 0.125. The van der Waals surface area contributed by atoms with E-state index in [2.05, 4.69) is 13.8 Å². The molecule has 1 atom stereocenters. The predicted octanol–water partition coefficient (Wildman–Crippen LogP) is 2.10. The van der Waals surface area contributed by atoms with Crippen LogP contribution < -0.4 is 0 Å². The summed E-state index contributed by atoms with van der Waals surface area (Å²) in [7, 11) is 0. The van der Waals surface area contributed by atoms with E-state index in [-0.39, 0.29) is 11.0 Å². The third-order valence-corrected chi connectivity index (χ3v) is 3.09. The molecule has 0 spiro atoms. The Kier molecular flexibility index (Phi) is 2.08. The monoisotopic (exact) mass is 206 g/mol. The second kappa shape index (κ2) is 3.07. The van der Waals surface area contributed by atoms with Crippen LogP contribution in [0.15, 0.2) is 18.2 Å². The van der Waals surface area contributed by atoms with Crippen LogP contribution in [0.4, 0.5) is 0 Å². The van der Waals surface area contributed by atoms with Gasteiger partial charge >= 0.3 is 5.97 Å². The predicted molar refractivity (Wildman–Crippen MR) is 56.0 cm³/mol. The van der Waals surface area contributed by atoms with Gasteiger partial charge in [0.25, 0.3) is 0 Å². The zero-order valence-electron chi connectivity index (χ0n) is 8.82. The lowest BCUT2D eigenvalue weighted by Gasteiger charge is -2.18. The fourth-order valence-electron chi connectivity index (χ4n) is 2.29. The van der Waals surface area contributed by atoms with Gasteiger partial charge in [0.15, 0.2) is 0 Å². The lowest BCUT2D eigenvalue weighted by molar-refractivity contribution is 0.0696. The summed E-state index contributed by atoms with van der Waals surface area (Å²) in [5, 5.41) is 18.7. The molecule has 1 aromatic rings. The van der Waals surface area contributed by atoms with Gasteiger partial charge in [-0.05, 0) is 35.1 Å². The van der Waals surface area contributed by atoms with E-state index >= 15 is 0 Å². The molecule has 0 unspecified atom stereocenters. The SMILES string of the molecule is CC1(C)C[C@@H](O)c2cc(C(=O)O)ccc21. The van der Waals surface area contributed by atoms with Crippen molar-refractivity contribution >= 4 is 5.97 Å². The van der Waals surface area contributed by atoms with Crippen LogP contribution in [-0.4, -0.2) is 16.2 Å². The number of aliphatic hydroxyl groups is 1. The maximum Gasteiger partial charge on any atom is 0.335 e. The first-order chi connectivity index (χ1) is 6.92. The van der Waals surface area contributed by atoms with E-state index in [4.69, 9.17) is 5.11 Å². The van der Waals surface area contributed by atoms with Crippen molar-refractivity contribution in [2.75, 3.05) is 0 Å². The summed E-state index contributed by atoms with van der Waals surface area (Å²) in [4.78, 5) is 10.8. The normalized spacial score (nSPS) is 22.5. The van der Waals surface area contributed by atoms with E-state index in [1.54, 1.807) is 12.1 Å². The molecule has 0 radical (unpaired) electrons. The summed E-state index contributed by atoms with van der Waals surface area (Å²) in [5.74, 6) is -0.949. The van der Waals surface area contributed by atoms with Gasteiger partial charge in [-0.1, -0.05) is 19.9 Å². The Bertz CT molecular complexity index is 421. The number of aromatic carboxylic acids is 1. The standard InChI is InChI=1S/C12H14O3/c1-12(2)6-10(13)8-5-7(11(14)15)3-4-9(8)12/h3-5,10,13H,6H2,1-2H3,(H,14,15)/t10-/m1/s1. The second-order valence-corrected chi connectivity index (χ2v) is 4.71. The average molecular weight is 206 g/mol. The van der Waals surface area contributed by atoms with E-state index < -0.39 is 12.1 Å². The molecule has 2 N–H and O–H groups in total. The molecular formula is C12H14O3.